The summed E-state index contributed by atoms with van der Waals surface area (Å²) in [7, 11) is 0. The smallest absolute Gasteiger partial charge is 0.356 e. The van der Waals surface area contributed by atoms with E-state index in [1.807, 2.05) is 13.8 Å². The van der Waals surface area contributed by atoms with Crippen molar-refractivity contribution in [2.75, 3.05) is 22.9 Å². The van der Waals surface area contributed by atoms with Crippen molar-refractivity contribution < 1.29 is 26.3 Å². The highest BCUT2D eigenvalue weighted by atomic mass is 19.4. The molecule has 0 radical (unpaired) electrons. The number of alkyl halides is 6. The van der Waals surface area contributed by atoms with Crippen molar-refractivity contribution in [2.45, 2.75) is 90.8 Å². The molecule has 0 unspecified atom stereocenters. The van der Waals surface area contributed by atoms with Gasteiger partial charge in [-0.05, 0) is 117 Å². The summed E-state index contributed by atoms with van der Waals surface area (Å²) in [5, 5.41) is 14.7. The summed E-state index contributed by atoms with van der Waals surface area (Å²) in [6, 6.07) is 3.59. The van der Waals surface area contributed by atoms with Gasteiger partial charge in [0.2, 0.25) is 0 Å². The number of hydrogen-bond donors (Lipinski definition) is 0. The Morgan fingerprint density at radius 1 is 0.867 bits per heavy atom. The number of pyridine rings is 1. The van der Waals surface area contributed by atoms with E-state index in [0.29, 0.717) is 11.8 Å². The van der Waals surface area contributed by atoms with Gasteiger partial charge in [-0.15, -0.1) is 5.10 Å². The lowest BCUT2D eigenvalue weighted by atomic mass is 10.0. The molecule has 2 fully saturated rings. The fourth-order valence-electron chi connectivity index (χ4n) is 5.78. The van der Waals surface area contributed by atoms with Gasteiger partial charge >= 0.3 is 12.4 Å². The van der Waals surface area contributed by atoms with Crippen LogP contribution in [-0.4, -0.2) is 38.3 Å². The Hall–Kier alpha value is -3.64. The van der Waals surface area contributed by atoms with E-state index < -0.39 is 23.5 Å². The number of hydrogen-bond acceptors (Lipinski definition) is 6. The lowest BCUT2D eigenvalue weighted by Crippen LogP contribution is -2.39. The van der Waals surface area contributed by atoms with Crippen molar-refractivity contribution in [3.63, 3.8) is 0 Å². The number of nitrogens with zero attached hydrogens (tertiary/aromatic N) is 7. The summed E-state index contributed by atoms with van der Waals surface area (Å²) in [5.41, 5.74) is -0.857. The third-order valence-corrected chi connectivity index (χ3v) is 8.59. The highest BCUT2D eigenvalue weighted by Gasteiger charge is 2.37. The van der Waals surface area contributed by atoms with Gasteiger partial charge in [-0.2, -0.15) is 31.1 Å². The first-order chi connectivity index (χ1) is 21.2. The molecule has 0 N–H and O–H groups in total. The number of benzene rings is 1. The molecule has 242 valence electrons. The van der Waals surface area contributed by atoms with E-state index in [4.69, 9.17) is 4.98 Å². The fraction of sp³-hybridized carbons (Fsp3) is 0.562. The zero-order chi connectivity index (χ0) is 32.1. The molecule has 1 aromatic carbocycles. The molecule has 6 rings (SSSR count). The van der Waals surface area contributed by atoms with E-state index in [9.17, 15) is 26.3 Å². The van der Waals surface area contributed by atoms with Gasteiger partial charge in [-0.25, -0.2) is 4.98 Å². The molecule has 0 atom stereocenters. The van der Waals surface area contributed by atoms with Crippen molar-refractivity contribution >= 4 is 23.4 Å². The third kappa shape index (κ3) is 7.44. The molecule has 2 heterocycles. The number of anilines is 2. The van der Waals surface area contributed by atoms with Gasteiger partial charge in [0.15, 0.2) is 0 Å². The Morgan fingerprint density at radius 3 is 2.02 bits per heavy atom. The van der Waals surface area contributed by atoms with Crippen molar-refractivity contribution in [2.24, 2.45) is 11.8 Å². The van der Waals surface area contributed by atoms with Gasteiger partial charge < -0.3 is 9.80 Å². The summed E-state index contributed by atoms with van der Waals surface area (Å²) in [6.45, 7) is 7.34. The summed E-state index contributed by atoms with van der Waals surface area (Å²) in [5.74, 6) is 2.09. The highest BCUT2D eigenvalue weighted by molar-refractivity contribution is 5.55. The number of tetrazole rings is 1. The minimum absolute atomic E-state index is 0.112. The molecule has 2 saturated carbocycles. The van der Waals surface area contributed by atoms with Crippen LogP contribution in [-0.2, 0) is 25.4 Å². The number of aromatic nitrogens is 5. The summed E-state index contributed by atoms with van der Waals surface area (Å²) >= 11 is 0. The van der Waals surface area contributed by atoms with Crippen molar-refractivity contribution in [1.29, 1.82) is 0 Å². The average molecular weight is 634 g/mol. The molecule has 3 aromatic rings. The maximum Gasteiger partial charge on any atom is 0.416 e. The van der Waals surface area contributed by atoms with Gasteiger partial charge in [-0.1, -0.05) is 11.2 Å². The second-order valence-electron chi connectivity index (χ2n) is 13.0. The van der Waals surface area contributed by atoms with Crippen LogP contribution in [0.2, 0.25) is 0 Å². The molecular weight excluding hydrogens is 596 g/mol. The molecule has 2 aromatic heterocycles. The zero-order valence-electron chi connectivity index (χ0n) is 25.6. The molecule has 0 amide bonds. The Balaban J connectivity index is 1.45. The molecular formula is C32H37F6N7. The Labute approximate surface area is 257 Å². The van der Waals surface area contributed by atoms with E-state index in [0.717, 1.165) is 85.7 Å². The maximum atomic E-state index is 13.7. The fourth-order valence-corrected chi connectivity index (χ4v) is 5.78. The van der Waals surface area contributed by atoms with Crippen LogP contribution in [0.1, 0.15) is 87.6 Å². The van der Waals surface area contributed by atoms with Crippen LogP contribution >= 0.6 is 0 Å². The highest BCUT2D eigenvalue weighted by Crippen LogP contribution is 2.38. The number of rotatable bonds is 11. The van der Waals surface area contributed by atoms with Crippen LogP contribution in [0.25, 0.3) is 11.6 Å². The average Bonchev–Trinajstić information content (AvgIpc) is 3.90. The Kier molecular flexibility index (Phi) is 8.32. The molecule has 0 spiro atoms. The van der Waals surface area contributed by atoms with E-state index in [1.165, 1.54) is 10.4 Å². The lowest BCUT2D eigenvalue weighted by molar-refractivity contribution is -0.143. The predicted octanol–water partition coefficient (Wildman–Crippen LogP) is 6.26. The first kappa shape index (κ1) is 31.3. The summed E-state index contributed by atoms with van der Waals surface area (Å²) in [6.07, 6.45) is -1.36. The molecule has 0 bridgehead atoms. The number of fused-ring (bicyclic) bond motifs is 1. The molecule has 45 heavy (non-hydrogen) atoms. The van der Waals surface area contributed by atoms with Gasteiger partial charge in [-0.3, -0.25) is 0 Å². The monoisotopic (exact) mass is 633 g/mol. The van der Waals surface area contributed by atoms with Crippen molar-refractivity contribution in [3.05, 3.63) is 57.1 Å². The van der Waals surface area contributed by atoms with Gasteiger partial charge in [0.1, 0.15) is 5.82 Å². The zero-order valence-corrected chi connectivity index (χ0v) is 25.6. The van der Waals surface area contributed by atoms with E-state index in [1.54, 1.807) is 4.90 Å². The van der Waals surface area contributed by atoms with Gasteiger partial charge in [0.25, 0.3) is 5.95 Å². The van der Waals surface area contributed by atoms with Crippen molar-refractivity contribution in [1.82, 2.24) is 25.2 Å². The van der Waals surface area contributed by atoms with E-state index in [2.05, 4.69) is 39.4 Å². The maximum absolute atomic E-state index is 13.7. The van der Waals surface area contributed by atoms with Crippen LogP contribution in [0.5, 0.6) is 0 Å². The number of halogens is 6. The van der Waals surface area contributed by atoms with E-state index in [-0.39, 0.29) is 36.7 Å². The normalized spacial score (nSPS) is 17.0. The summed E-state index contributed by atoms with van der Waals surface area (Å²) in [4.78, 5) is 10.5. The second-order valence-corrected chi connectivity index (χ2v) is 13.0. The molecule has 13 heteroatoms. The van der Waals surface area contributed by atoms with E-state index >= 15 is 0 Å². The largest absolute Gasteiger partial charge is 0.416 e. The van der Waals surface area contributed by atoms with Gasteiger partial charge in [0.05, 0.1) is 22.5 Å². The quantitative estimate of drug-likeness (QED) is 0.232. The van der Waals surface area contributed by atoms with Crippen molar-refractivity contribution in [3.8, 4) is 0 Å². The molecule has 7 nitrogen and oxygen atoms in total. The first-order valence-corrected chi connectivity index (χ1v) is 15.5. The second kappa shape index (κ2) is 11.9. The minimum atomic E-state index is -4.95. The predicted molar refractivity (Wildman–Crippen MR) is 158 cm³/mol. The van der Waals surface area contributed by atoms with Crippen LogP contribution in [0.15, 0.2) is 24.3 Å². The minimum Gasteiger partial charge on any atom is -0.356 e. The van der Waals surface area contributed by atoms with Gasteiger partial charge in [0, 0.05) is 31.7 Å². The molecule has 0 aliphatic heterocycles. The Bertz CT molecular complexity index is 1620. The Morgan fingerprint density at radius 2 is 1.49 bits per heavy atom. The summed E-state index contributed by atoms with van der Waals surface area (Å²) < 4.78 is 82.5. The molecule has 0 saturated heterocycles. The first-order valence-electron chi connectivity index (χ1n) is 15.5. The third-order valence-electron chi connectivity index (χ3n) is 8.59. The molecule has 3 aliphatic carbocycles. The van der Waals surface area contributed by atoms with Crippen LogP contribution in [0.3, 0.4) is 0 Å². The lowest BCUT2D eigenvalue weighted by Gasteiger charge is -2.29. The topological polar surface area (TPSA) is 63.0 Å². The van der Waals surface area contributed by atoms with Crippen LogP contribution in [0.4, 0.5) is 38.1 Å². The standard InChI is InChI=1S/C32H37F6N7/c1-19(2)45-41-30(40-42-45)44(17-23-11-26(31(33,34)35)14-27(12-23)32(36,37)38)18-25-13-24-6-4-5-20(3)28(24)39-29(25)43(15-21-7-8-21)16-22-9-10-22/h6,11-14,19,21-22H,4-5,7-10,15-18H2,1-3H3. The van der Waals surface area contributed by atoms with Crippen LogP contribution < -0.4 is 20.4 Å². The molecule has 3 aliphatic rings. The van der Waals surface area contributed by atoms with Crippen LogP contribution in [0, 0.1) is 11.8 Å². The SMILES string of the molecule is CC1=c2nc(N(CC3CC3)CC3CC3)c(CN(Cc3cc(C(F)(F)F)cc(C(F)(F)F)c3)c3nnn(C(C)C)n3)cc2=CCC1.